The second kappa shape index (κ2) is 9.36. The summed E-state index contributed by atoms with van der Waals surface area (Å²) < 4.78 is 0. The van der Waals surface area contributed by atoms with Gasteiger partial charge in [0.2, 0.25) is 0 Å². The van der Waals surface area contributed by atoms with Crippen LogP contribution in [0.25, 0.3) is 0 Å². The highest BCUT2D eigenvalue weighted by Gasteiger charge is 2.27. The zero-order valence-electron chi connectivity index (χ0n) is 14.3. The number of unbranched alkanes of at least 4 members (excludes halogenated alkanes) is 3. The van der Waals surface area contributed by atoms with Crippen molar-refractivity contribution in [1.29, 1.82) is 0 Å². The van der Waals surface area contributed by atoms with Crippen molar-refractivity contribution in [1.82, 2.24) is 5.01 Å². The van der Waals surface area contributed by atoms with E-state index in [0.717, 1.165) is 18.4 Å². The molecule has 0 aliphatic carbocycles. The Morgan fingerprint density at radius 1 is 0.900 bits per heavy atom. The summed E-state index contributed by atoms with van der Waals surface area (Å²) in [5.74, 6) is 1.62. The van der Waals surface area contributed by atoms with E-state index < -0.39 is 0 Å². The van der Waals surface area contributed by atoms with Crippen LogP contribution in [0.5, 0.6) is 0 Å². The van der Waals surface area contributed by atoms with Gasteiger partial charge >= 0.3 is 0 Å². The molecule has 1 aliphatic rings. The van der Waals surface area contributed by atoms with Gasteiger partial charge in [-0.1, -0.05) is 58.6 Å². The van der Waals surface area contributed by atoms with Gasteiger partial charge in [0, 0.05) is 6.54 Å². The predicted octanol–water partition coefficient (Wildman–Crippen LogP) is 5.47. The summed E-state index contributed by atoms with van der Waals surface area (Å²) in [6.07, 6.45) is 9.17. The van der Waals surface area contributed by atoms with Gasteiger partial charge in [0.25, 0.3) is 0 Å². The second-order valence-corrected chi connectivity index (χ2v) is 7.24. The van der Waals surface area contributed by atoms with E-state index in [9.17, 15) is 0 Å². The van der Waals surface area contributed by atoms with E-state index in [0.29, 0.717) is 12.1 Å². The zero-order chi connectivity index (χ0) is 15.0. The van der Waals surface area contributed by atoms with E-state index in [1.807, 2.05) is 0 Å². The Kier molecular flexibility index (Phi) is 8.16. The molecule has 2 unspecified atom stereocenters. The van der Waals surface area contributed by atoms with Gasteiger partial charge in [-0.25, -0.2) is 0 Å². The third-order valence-corrected chi connectivity index (χ3v) is 4.30. The number of hydrogen-bond acceptors (Lipinski definition) is 3. The minimum atomic E-state index is 0.429. The lowest BCUT2D eigenvalue weighted by Gasteiger charge is -2.22. The standard InChI is InChI=1S/C17H35N3/c1-14(2)10-8-6-7-9-13-20-16(5)17(18-19-20)12-11-15(3)4/h14-17H,6-13H2,1-5H3. The van der Waals surface area contributed by atoms with Crippen LogP contribution in [0.15, 0.2) is 10.3 Å². The lowest BCUT2D eigenvalue weighted by atomic mass is 9.99. The van der Waals surface area contributed by atoms with Crippen LogP contribution in [-0.2, 0) is 0 Å². The van der Waals surface area contributed by atoms with Crippen LogP contribution in [0.3, 0.4) is 0 Å². The predicted molar refractivity (Wildman–Crippen MR) is 86.8 cm³/mol. The molecule has 1 rings (SSSR count). The third kappa shape index (κ3) is 6.71. The van der Waals surface area contributed by atoms with Crippen molar-refractivity contribution in [3.05, 3.63) is 0 Å². The highest BCUT2D eigenvalue weighted by molar-refractivity contribution is 4.83. The van der Waals surface area contributed by atoms with Gasteiger partial charge in [0.05, 0.1) is 12.1 Å². The molecule has 0 aromatic carbocycles. The van der Waals surface area contributed by atoms with Crippen LogP contribution < -0.4 is 0 Å². The van der Waals surface area contributed by atoms with Crippen molar-refractivity contribution in [3.63, 3.8) is 0 Å². The molecule has 0 N–H and O–H groups in total. The maximum absolute atomic E-state index is 4.46. The fourth-order valence-corrected chi connectivity index (χ4v) is 2.74. The molecule has 0 fully saturated rings. The summed E-state index contributed by atoms with van der Waals surface area (Å²) in [7, 11) is 0. The molecule has 0 bridgehead atoms. The van der Waals surface area contributed by atoms with Crippen molar-refractivity contribution in [2.45, 2.75) is 91.6 Å². The molecule has 20 heavy (non-hydrogen) atoms. The molecule has 0 saturated heterocycles. The first-order valence-corrected chi connectivity index (χ1v) is 8.68. The van der Waals surface area contributed by atoms with Crippen LogP contribution in [0, 0.1) is 11.8 Å². The van der Waals surface area contributed by atoms with Gasteiger partial charge in [-0.3, -0.25) is 5.01 Å². The minimum absolute atomic E-state index is 0.429. The summed E-state index contributed by atoms with van der Waals surface area (Å²) in [5, 5.41) is 11.1. The SMILES string of the molecule is CC(C)CCCCCCN1N=NC(CCC(C)C)C1C. The van der Waals surface area contributed by atoms with E-state index in [4.69, 9.17) is 0 Å². The molecule has 1 aliphatic heterocycles. The summed E-state index contributed by atoms with van der Waals surface area (Å²) in [4.78, 5) is 0. The highest BCUT2D eigenvalue weighted by atomic mass is 15.6. The Hall–Kier alpha value is -0.600. The second-order valence-electron chi connectivity index (χ2n) is 7.24. The van der Waals surface area contributed by atoms with Gasteiger partial charge in [0.15, 0.2) is 0 Å². The highest BCUT2D eigenvalue weighted by Crippen LogP contribution is 2.23. The lowest BCUT2D eigenvalue weighted by Crippen LogP contribution is -2.32. The van der Waals surface area contributed by atoms with E-state index >= 15 is 0 Å². The van der Waals surface area contributed by atoms with Gasteiger partial charge in [0.1, 0.15) is 0 Å². The van der Waals surface area contributed by atoms with Crippen molar-refractivity contribution in [3.8, 4) is 0 Å². The molecule has 3 nitrogen and oxygen atoms in total. The van der Waals surface area contributed by atoms with Crippen molar-refractivity contribution in [2.24, 2.45) is 22.2 Å². The van der Waals surface area contributed by atoms with E-state index in [-0.39, 0.29) is 0 Å². The summed E-state index contributed by atoms with van der Waals surface area (Å²) in [6.45, 7) is 12.6. The molecule has 0 amide bonds. The fourth-order valence-electron chi connectivity index (χ4n) is 2.74. The average molecular weight is 281 g/mol. The number of nitrogens with zero attached hydrogens (tertiary/aromatic N) is 3. The van der Waals surface area contributed by atoms with Crippen molar-refractivity contribution >= 4 is 0 Å². The largest absolute Gasteiger partial charge is 0.274 e. The van der Waals surface area contributed by atoms with Crippen molar-refractivity contribution < 1.29 is 0 Å². The van der Waals surface area contributed by atoms with E-state index in [1.165, 1.54) is 44.9 Å². The normalized spacial score (nSPS) is 22.4. The fraction of sp³-hybridized carbons (Fsp3) is 1.00. The molecular formula is C17H35N3. The smallest absolute Gasteiger partial charge is 0.0947 e. The maximum atomic E-state index is 4.46. The van der Waals surface area contributed by atoms with Crippen LogP contribution in [-0.4, -0.2) is 23.6 Å². The molecule has 0 aromatic rings. The Bertz CT molecular complexity index is 273. The number of hydrogen-bond donors (Lipinski definition) is 0. The van der Waals surface area contributed by atoms with Crippen LogP contribution in [0.2, 0.25) is 0 Å². The average Bonchev–Trinajstić information content (AvgIpc) is 2.72. The molecule has 118 valence electrons. The molecule has 0 saturated carbocycles. The topological polar surface area (TPSA) is 28.0 Å². The van der Waals surface area contributed by atoms with Gasteiger partial charge in [-0.15, -0.1) is 0 Å². The Morgan fingerprint density at radius 3 is 2.20 bits per heavy atom. The molecular weight excluding hydrogens is 246 g/mol. The quantitative estimate of drug-likeness (QED) is 0.488. The molecule has 2 atom stereocenters. The van der Waals surface area contributed by atoms with E-state index in [2.05, 4.69) is 50.0 Å². The first-order chi connectivity index (χ1) is 9.50. The Morgan fingerprint density at radius 2 is 1.55 bits per heavy atom. The van der Waals surface area contributed by atoms with Crippen LogP contribution in [0.1, 0.15) is 79.6 Å². The van der Waals surface area contributed by atoms with Crippen LogP contribution in [0.4, 0.5) is 0 Å². The summed E-state index contributed by atoms with van der Waals surface area (Å²) in [6, 6.07) is 0.933. The Balaban J connectivity index is 2.09. The molecule has 0 spiro atoms. The lowest BCUT2D eigenvalue weighted by molar-refractivity contribution is 0.223. The minimum Gasteiger partial charge on any atom is -0.274 e. The zero-order valence-corrected chi connectivity index (χ0v) is 14.3. The first kappa shape index (κ1) is 17.5. The van der Waals surface area contributed by atoms with Gasteiger partial charge in [-0.05, 0) is 38.0 Å². The molecule has 1 heterocycles. The molecule has 0 radical (unpaired) electrons. The Labute approximate surface area is 126 Å². The van der Waals surface area contributed by atoms with Gasteiger partial charge in [-0.2, -0.15) is 5.11 Å². The summed E-state index contributed by atoms with van der Waals surface area (Å²) >= 11 is 0. The number of rotatable bonds is 10. The van der Waals surface area contributed by atoms with Crippen LogP contribution >= 0.6 is 0 Å². The summed E-state index contributed by atoms with van der Waals surface area (Å²) in [5.41, 5.74) is 0. The maximum Gasteiger partial charge on any atom is 0.0947 e. The monoisotopic (exact) mass is 281 g/mol. The van der Waals surface area contributed by atoms with E-state index in [1.54, 1.807) is 0 Å². The first-order valence-electron chi connectivity index (χ1n) is 8.68. The third-order valence-electron chi connectivity index (χ3n) is 4.30. The molecule has 3 heteroatoms. The molecule has 0 aromatic heterocycles. The van der Waals surface area contributed by atoms with Crippen molar-refractivity contribution in [2.75, 3.05) is 6.54 Å². The van der Waals surface area contributed by atoms with Gasteiger partial charge < -0.3 is 0 Å².